The Morgan fingerprint density at radius 3 is 2.70 bits per heavy atom. The van der Waals surface area contributed by atoms with Gasteiger partial charge in [-0.05, 0) is 23.6 Å². The van der Waals surface area contributed by atoms with Crippen molar-refractivity contribution in [1.82, 2.24) is 0 Å². The molecule has 0 spiro atoms. The minimum atomic E-state index is -0.244. The molecule has 1 aliphatic rings. The monoisotopic (exact) mass is 408 g/mol. The first-order valence-electron chi connectivity index (χ1n) is 8.94. The summed E-state index contributed by atoms with van der Waals surface area (Å²) < 4.78 is 13.9. The predicted octanol–water partition coefficient (Wildman–Crippen LogP) is 0.724. The molecule has 1 aliphatic heterocycles. The fourth-order valence-electron chi connectivity index (χ4n) is 3.31. The van der Waals surface area contributed by atoms with Crippen LogP contribution in [-0.4, -0.2) is 38.6 Å². The van der Waals surface area contributed by atoms with Crippen molar-refractivity contribution in [1.29, 1.82) is 5.26 Å². The lowest BCUT2D eigenvalue weighted by Gasteiger charge is -2.29. The Morgan fingerprint density at radius 1 is 1.26 bits per heavy atom. The Morgan fingerprint density at radius 2 is 2.00 bits per heavy atom. The Hall–Kier alpha value is -1.98. The van der Waals surface area contributed by atoms with E-state index in [2.05, 4.69) is 11.4 Å². The topological polar surface area (TPSA) is 61.8 Å². The highest BCUT2D eigenvalue weighted by Crippen LogP contribution is 2.22. The number of quaternary nitrogens is 2. The third-order valence-corrected chi connectivity index (χ3v) is 6.08. The number of hydrogen-bond acceptors (Lipinski definition) is 3. The molecule has 142 valence electrons. The summed E-state index contributed by atoms with van der Waals surface area (Å²) in [4.78, 5) is 14.8. The van der Waals surface area contributed by atoms with E-state index in [4.69, 9.17) is 16.9 Å². The number of carbonyl (C=O) groups is 1. The molecule has 2 heterocycles. The third kappa shape index (κ3) is 5.27. The van der Waals surface area contributed by atoms with Gasteiger partial charge in [-0.3, -0.25) is 4.79 Å². The third-order valence-electron chi connectivity index (χ3n) is 4.90. The van der Waals surface area contributed by atoms with Crippen molar-refractivity contribution in [2.24, 2.45) is 0 Å². The van der Waals surface area contributed by atoms with Crippen LogP contribution in [0.4, 0.5) is 9.39 Å². The molecule has 5 nitrogen and oxygen atoms in total. The zero-order valence-electron chi connectivity index (χ0n) is 14.9. The van der Waals surface area contributed by atoms with Gasteiger partial charge < -0.3 is 15.1 Å². The summed E-state index contributed by atoms with van der Waals surface area (Å²) in [5.74, 6) is -0.305. The summed E-state index contributed by atoms with van der Waals surface area (Å²) in [6.45, 7) is 5.08. The van der Waals surface area contributed by atoms with Gasteiger partial charge in [0.1, 0.15) is 49.6 Å². The molecule has 1 aromatic carbocycles. The van der Waals surface area contributed by atoms with Gasteiger partial charge in [0.05, 0.1) is 29.1 Å². The molecule has 0 saturated carbocycles. The Balaban J connectivity index is 1.42. The van der Waals surface area contributed by atoms with Crippen LogP contribution in [0.15, 0.2) is 29.6 Å². The number of rotatable bonds is 6. The number of carbonyl (C=O) groups excluding carboxylic acids is 1. The van der Waals surface area contributed by atoms with Crippen molar-refractivity contribution >= 4 is 33.8 Å². The maximum atomic E-state index is 13.9. The number of amides is 1. The second-order valence-electron chi connectivity index (χ2n) is 6.70. The number of piperazine rings is 1. The fraction of sp³-hybridized carbons (Fsp3) is 0.368. The van der Waals surface area contributed by atoms with Gasteiger partial charge in [-0.15, -0.1) is 11.3 Å². The molecule has 0 radical (unpaired) electrons. The molecule has 0 aliphatic carbocycles. The molecule has 3 rings (SSSR count). The smallest absolute Gasteiger partial charge is 0.230 e. The van der Waals surface area contributed by atoms with Gasteiger partial charge in [-0.2, -0.15) is 5.26 Å². The lowest BCUT2D eigenvalue weighted by Crippen LogP contribution is -3.27. The minimum Gasteiger partial charge on any atom is -0.325 e. The maximum absolute atomic E-state index is 13.9. The van der Waals surface area contributed by atoms with Crippen LogP contribution in [-0.2, 0) is 11.3 Å². The maximum Gasteiger partial charge on any atom is 0.230 e. The number of halogens is 2. The van der Waals surface area contributed by atoms with Crippen molar-refractivity contribution in [2.75, 3.05) is 38.0 Å². The number of anilines is 1. The zero-order valence-corrected chi connectivity index (χ0v) is 16.4. The van der Waals surface area contributed by atoms with Crippen molar-refractivity contribution < 1.29 is 19.0 Å². The molecule has 1 aromatic heterocycles. The Labute approximate surface area is 166 Å². The fourth-order valence-corrected chi connectivity index (χ4v) is 4.29. The van der Waals surface area contributed by atoms with Crippen LogP contribution in [0.25, 0.3) is 0 Å². The van der Waals surface area contributed by atoms with Crippen molar-refractivity contribution in [3.63, 3.8) is 0 Å². The molecule has 0 unspecified atom stereocenters. The lowest BCUT2D eigenvalue weighted by molar-refractivity contribution is -1.02. The van der Waals surface area contributed by atoms with Crippen LogP contribution >= 0.6 is 22.9 Å². The van der Waals surface area contributed by atoms with Crippen LogP contribution in [0.2, 0.25) is 5.02 Å². The van der Waals surface area contributed by atoms with E-state index in [-0.39, 0.29) is 11.7 Å². The van der Waals surface area contributed by atoms with E-state index >= 15 is 0 Å². The van der Waals surface area contributed by atoms with Crippen LogP contribution in [0.3, 0.4) is 0 Å². The Bertz CT molecular complexity index is 822. The molecule has 8 heteroatoms. The van der Waals surface area contributed by atoms with E-state index in [1.807, 2.05) is 0 Å². The van der Waals surface area contributed by atoms with Gasteiger partial charge in [-0.1, -0.05) is 17.7 Å². The molecule has 2 aromatic rings. The SMILES string of the molecule is N#Cc1ccsc1NC(=O)CC[NH+]1CC[NH+](Cc2c(F)cccc2Cl)CC1. The van der Waals surface area contributed by atoms with E-state index < -0.39 is 0 Å². The number of hydrogen-bond donors (Lipinski definition) is 3. The summed E-state index contributed by atoms with van der Waals surface area (Å²) in [5.41, 5.74) is 1.09. The molecule has 0 atom stereocenters. The molecule has 27 heavy (non-hydrogen) atoms. The van der Waals surface area contributed by atoms with E-state index in [9.17, 15) is 9.18 Å². The average molecular weight is 409 g/mol. The zero-order chi connectivity index (χ0) is 19.2. The van der Waals surface area contributed by atoms with Gasteiger partial charge in [0.15, 0.2) is 0 Å². The van der Waals surface area contributed by atoms with Crippen LogP contribution in [0.5, 0.6) is 0 Å². The first-order valence-corrected chi connectivity index (χ1v) is 10.2. The molecular weight excluding hydrogens is 387 g/mol. The van der Waals surface area contributed by atoms with E-state index in [0.717, 1.165) is 32.7 Å². The van der Waals surface area contributed by atoms with Gasteiger partial charge >= 0.3 is 0 Å². The second kappa shape index (κ2) is 9.29. The highest BCUT2D eigenvalue weighted by atomic mass is 35.5. The first-order chi connectivity index (χ1) is 13.1. The number of nitrogens with zero attached hydrogens (tertiary/aromatic N) is 1. The first kappa shape index (κ1) is 19.8. The van der Waals surface area contributed by atoms with Crippen molar-refractivity contribution in [3.8, 4) is 6.07 Å². The molecule has 1 amide bonds. The summed E-state index contributed by atoms with van der Waals surface area (Å²) in [6.07, 6.45) is 0.423. The van der Waals surface area contributed by atoms with Crippen LogP contribution in [0.1, 0.15) is 17.5 Å². The summed E-state index contributed by atoms with van der Waals surface area (Å²) in [7, 11) is 0. The van der Waals surface area contributed by atoms with Gasteiger partial charge in [0, 0.05) is 0 Å². The molecule has 1 fully saturated rings. The number of nitrogens with one attached hydrogen (secondary N) is 3. The normalized spacial score (nSPS) is 19.4. The van der Waals surface area contributed by atoms with Gasteiger partial charge in [0.25, 0.3) is 0 Å². The molecule has 3 N–H and O–H groups in total. The largest absolute Gasteiger partial charge is 0.325 e. The lowest BCUT2D eigenvalue weighted by atomic mass is 10.1. The summed E-state index contributed by atoms with van der Waals surface area (Å²) in [6, 6.07) is 8.58. The second-order valence-corrected chi connectivity index (χ2v) is 8.02. The standard InChI is InChI=1S/C19H20ClFN4OS/c20-16-2-1-3-17(21)15(16)13-25-9-7-24(8-10-25)6-4-18(26)23-19-14(12-22)5-11-27-19/h1-3,5,11H,4,6-10,13H2,(H,23,26)/p+2. The average Bonchev–Trinajstić information content (AvgIpc) is 3.11. The van der Waals surface area contributed by atoms with Crippen molar-refractivity contribution in [3.05, 3.63) is 51.6 Å². The molecular formula is C19H22ClFN4OS+2. The molecule has 0 bridgehead atoms. The number of nitriles is 1. The Kier molecular flexibility index (Phi) is 6.80. The summed E-state index contributed by atoms with van der Waals surface area (Å²) in [5, 5.41) is 14.7. The van der Waals surface area contributed by atoms with Crippen molar-refractivity contribution in [2.45, 2.75) is 13.0 Å². The van der Waals surface area contributed by atoms with Gasteiger partial charge in [-0.25, -0.2) is 4.39 Å². The van der Waals surface area contributed by atoms with Gasteiger partial charge in [0.2, 0.25) is 5.91 Å². The van der Waals surface area contributed by atoms with E-state index in [1.165, 1.54) is 27.2 Å². The number of benzene rings is 1. The quantitative estimate of drug-likeness (QED) is 0.659. The van der Waals surface area contributed by atoms with Crippen LogP contribution < -0.4 is 15.1 Å². The minimum absolute atomic E-state index is 0.0608. The summed E-state index contributed by atoms with van der Waals surface area (Å²) >= 11 is 7.48. The predicted molar refractivity (Wildman–Crippen MR) is 104 cm³/mol. The highest BCUT2D eigenvalue weighted by Gasteiger charge is 2.25. The van der Waals surface area contributed by atoms with Crippen LogP contribution in [0, 0.1) is 17.1 Å². The molecule has 1 saturated heterocycles. The van der Waals surface area contributed by atoms with E-state index in [0.29, 0.717) is 34.1 Å². The number of thiophene rings is 1. The van der Waals surface area contributed by atoms with E-state index in [1.54, 1.807) is 23.6 Å². The highest BCUT2D eigenvalue weighted by molar-refractivity contribution is 7.14.